The van der Waals surface area contributed by atoms with Crippen LogP contribution in [0.4, 0.5) is 0 Å². The van der Waals surface area contributed by atoms with Crippen molar-refractivity contribution >= 4 is 45.1 Å². The summed E-state index contributed by atoms with van der Waals surface area (Å²) in [6, 6.07) is 6.00. The molecule has 0 aliphatic heterocycles. The third-order valence-corrected chi connectivity index (χ3v) is 3.83. The smallest absolute Gasteiger partial charge is 0.131 e. The first-order valence-electron chi connectivity index (χ1n) is 5.05. The Hall–Kier alpha value is -0.290. The van der Waals surface area contributed by atoms with Crippen molar-refractivity contribution in [2.75, 3.05) is 0 Å². The van der Waals surface area contributed by atoms with E-state index >= 15 is 0 Å². The van der Waals surface area contributed by atoms with Gasteiger partial charge in [-0.2, -0.15) is 5.10 Å². The van der Waals surface area contributed by atoms with E-state index in [9.17, 15) is 0 Å². The lowest BCUT2D eigenvalue weighted by atomic mass is 10.2. The summed E-state index contributed by atoms with van der Waals surface area (Å²) in [4.78, 5) is 0. The van der Waals surface area contributed by atoms with Crippen LogP contribution < -0.4 is 0 Å². The predicted octanol–water partition coefficient (Wildman–Crippen LogP) is 3.70. The van der Waals surface area contributed by atoms with Gasteiger partial charge in [0.1, 0.15) is 3.70 Å². The van der Waals surface area contributed by atoms with Crippen LogP contribution in [0.3, 0.4) is 0 Å². The Morgan fingerprint density at radius 3 is 3.00 bits per heavy atom. The van der Waals surface area contributed by atoms with E-state index in [-0.39, 0.29) is 0 Å². The molecule has 1 fully saturated rings. The van der Waals surface area contributed by atoms with E-state index in [0.717, 1.165) is 21.2 Å². The first-order valence-corrected chi connectivity index (χ1v) is 6.51. The van der Waals surface area contributed by atoms with Gasteiger partial charge >= 0.3 is 0 Å². The number of halogens is 2. The molecule has 1 aliphatic carbocycles. The van der Waals surface area contributed by atoms with E-state index in [1.807, 2.05) is 12.1 Å². The fourth-order valence-electron chi connectivity index (χ4n) is 1.80. The summed E-state index contributed by atoms with van der Waals surface area (Å²) in [7, 11) is 0. The molecule has 0 saturated heterocycles. The molecule has 0 N–H and O–H groups in total. The number of hydrogen-bond acceptors (Lipinski definition) is 1. The van der Waals surface area contributed by atoms with Gasteiger partial charge in [-0.05, 0) is 59.5 Å². The van der Waals surface area contributed by atoms with Crippen molar-refractivity contribution in [2.45, 2.75) is 19.4 Å². The zero-order valence-corrected chi connectivity index (χ0v) is 11.0. The largest absolute Gasteiger partial charge is 0.264 e. The molecule has 1 heterocycles. The van der Waals surface area contributed by atoms with Crippen LogP contribution in [0.2, 0.25) is 5.02 Å². The normalized spacial score (nSPS) is 16.1. The minimum atomic E-state index is 0.784. The van der Waals surface area contributed by atoms with Crippen molar-refractivity contribution in [3.05, 3.63) is 26.9 Å². The predicted molar refractivity (Wildman–Crippen MR) is 70.2 cm³/mol. The molecule has 0 atom stereocenters. The molecular formula is C11H10ClIN2. The molecule has 1 aliphatic rings. The second-order valence-electron chi connectivity index (χ2n) is 4.08. The second-order valence-corrected chi connectivity index (χ2v) is 5.54. The zero-order valence-electron chi connectivity index (χ0n) is 8.08. The highest BCUT2D eigenvalue weighted by molar-refractivity contribution is 14.1. The van der Waals surface area contributed by atoms with Crippen LogP contribution in [0.1, 0.15) is 12.8 Å². The van der Waals surface area contributed by atoms with Crippen LogP contribution in [0.15, 0.2) is 18.2 Å². The lowest BCUT2D eigenvalue weighted by Crippen LogP contribution is -2.01. The summed E-state index contributed by atoms with van der Waals surface area (Å²) < 4.78 is 3.16. The first-order chi connectivity index (χ1) is 7.24. The van der Waals surface area contributed by atoms with Crippen LogP contribution in [0, 0.1) is 9.62 Å². The fraction of sp³-hybridized carbons (Fsp3) is 0.364. The Kier molecular flexibility index (Phi) is 2.39. The Labute approximate surface area is 107 Å². The van der Waals surface area contributed by atoms with Gasteiger partial charge in [0.05, 0.1) is 5.52 Å². The highest BCUT2D eigenvalue weighted by atomic mass is 127. The highest BCUT2D eigenvalue weighted by Gasteiger charge is 2.23. The third-order valence-electron chi connectivity index (χ3n) is 2.80. The van der Waals surface area contributed by atoms with E-state index in [4.69, 9.17) is 11.6 Å². The van der Waals surface area contributed by atoms with Gasteiger partial charge < -0.3 is 0 Å². The van der Waals surface area contributed by atoms with E-state index in [1.54, 1.807) is 0 Å². The van der Waals surface area contributed by atoms with Crippen LogP contribution in [-0.4, -0.2) is 9.78 Å². The van der Waals surface area contributed by atoms with Crippen LogP contribution in [0.25, 0.3) is 10.9 Å². The Bertz CT molecular complexity index is 517. The van der Waals surface area contributed by atoms with Gasteiger partial charge in [0.2, 0.25) is 0 Å². The topological polar surface area (TPSA) is 17.8 Å². The van der Waals surface area contributed by atoms with Crippen molar-refractivity contribution in [3.63, 3.8) is 0 Å². The number of rotatable bonds is 2. The number of hydrogen-bond donors (Lipinski definition) is 0. The fourth-order valence-corrected chi connectivity index (χ4v) is 2.66. The average molecular weight is 333 g/mol. The molecule has 15 heavy (non-hydrogen) atoms. The maximum absolute atomic E-state index is 5.98. The number of nitrogens with zero attached hydrogens (tertiary/aromatic N) is 2. The van der Waals surface area contributed by atoms with E-state index in [0.29, 0.717) is 0 Å². The molecule has 0 bridgehead atoms. The van der Waals surface area contributed by atoms with Crippen LogP contribution in [-0.2, 0) is 6.54 Å². The van der Waals surface area contributed by atoms with E-state index < -0.39 is 0 Å². The Balaban J connectivity index is 2.13. The van der Waals surface area contributed by atoms with E-state index in [1.165, 1.54) is 23.7 Å². The van der Waals surface area contributed by atoms with Gasteiger partial charge in [-0.25, -0.2) is 0 Å². The van der Waals surface area contributed by atoms with Gasteiger partial charge in [0.25, 0.3) is 0 Å². The number of benzene rings is 1. The van der Waals surface area contributed by atoms with Crippen LogP contribution >= 0.6 is 34.2 Å². The third kappa shape index (κ3) is 1.87. The monoisotopic (exact) mass is 332 g/mol. The first kappa shape index (κ1) is 9.90. The van der Waals surface area contributed by atoms with Gasteiger partial charge in [-0.15, -0.1) is 0 Å². The highest BCUT2D eigenvalue weighted by Crippen LogP contribution is 2.32. The summed E-state index contributed by atoms with van der Waals surface area (Å²) in [6.07, 6.45) is 2.71. The lowest BCUT2D eigenvalue weighted by Gasteiger charge is -2.00. The quantitative estimate of drug-likeness (QED) is 0.767. The number of aromatic nitrogens is 2. The maximum atomic E-state index is 5.98. The maximum Gasteiger partial charge on any atom is 0.131 e. The summed E-state index contributed by atoms with van der Waals surface area (Å²) in [5, 5.41) is 6.51. The lowest BCUT2D eigenvalue weighted by molar-refractivity contribution is 0.577. The van der Waals surface area contributed by atoms with Crippen molar-refractivity contribution in [3.8, 4) is 0 Å². The summed E-state index contributed by atoms with van der Waals surface area (Å²) in [6.45, 7) is 1.06. The Morgan fingerprint density at radius 1 is 1.47 bits per heavy atom. The molecule has 1 aromatic heterocycles. The molecule has 4 heteroatoms. The van der Waals surface area contributed by atoms with Crippen molar-refractivity contribution in [1.29, 1.82) is 0 Å². The summed E-state index contributed by atoms with van der Waals surface area (Å²) in [5.41, 5.74) is 1.20. The molecule has 1 saturated carbocycles. The zero-order chi connectivity index (χ0) is 10.4. The molecule has 0 amide bonds. The van der Waals surface area contributed by atoms with Gasteiger partial charge in [0, 0.05) is 17.0 Å². The average Bonchev–Trinajstić information content (AvgIpc) is 2.95. The molecule has 2 aromatic rings. The summed E-state index contributed by atoms with van der Waals surface area (Å²) >= 11 is 8.25. The molecule has 1 aromatic carbocycles. The Morgan fingerprint density at radius 2 is 2.27 bits per heavy atom. The summed E-state index contributed by atoms with van der Waals surface area (Å²) in [5.74, 6) is 0.847. The van der Waals surface area contributed by atoms with Gasteiger partial charge in [-0.1, -0.05) is 11.6 Å². The van der Waals surface area contributed by atoms with Crippen LogP contribution in [0.5, 0.6) is 0 Å². The molecule has 0 spiro atoms. The van der Waals surface area contributed by atoms with Gasteiger partial charge in [-0.3, -0.25) is 4.68 Å². The molecule has 3 rings (SSSR count). The minimum absolute atomic E-state index is 0.784. The molecule has 0 radical (unpaired) electrons. The SMILES string of the molecule is Clc1ccc2c(c1)c(I)nn2CC1CC1. The standard InChI is InChI=1S/C11H10ClIN2/c12-8-3-4-10-9(5-8)11(13)14-15(10)6-7-1-2-7/h3-5,7H,1-2,6H2. The van der Waals surface area contributed by atoms with Gasteiger partial charge in [0.15, 0.2) is 0 Å². The van der Waals surface area contributed by atoms with E-state index in [2.05, 4.69) is 38.4 Å². The molecule has 0 unspecified atom stereocenters. The molecular weight excluding hydrogens is 322 g/mol. The van der Waals surface area contributed by atoms with Crippen molar-refractivity contribution < 1.29 is 0 Å². The molecule has 2 nitrogen and oxygen atoms in total. The molecule has 78 valence electrons. The second kappa shape index (κ2) is 3.63. The van der Waals surface area contributed by atoms with Crippen molar-refractivity contribution in [2.24, 2.45) is 5.92 Å². The minimum Gasteiger partial charge on any atom is -0.264 e. The van der Waals surface area contributed by atoms with Crippen molar-refractivity contribution in [1.82, 2.24) is 9.78 Å². The number of fused-ring (bicyclic) bond motifs is 1.